The second-order valence-electron chi connectivity index (χ2n) is 3.93. The van der Waals surface area contributed by atoms with Crippen LogP contribution in [0.25, 0.3) is 0 Å². The number of carboxylic acid groups (broad SMARTS) is 1. The number of nitrogens with one attached hydrogen (secondary N) is 2. The topological polar surface area (TPSA) is 104 Å². The predicted octanol–water partition coefficient (Wildman–Crippen LogP) is 3.21. The molecule has 0 atom stereocenters. The summed E-state index contributed by atoms with van der Waals surface area (Å²) in [6.07, 6.45) is 0.746. The molecule has 3 N–H and O–H groups in total. The number of rotatable bonds is 4. The molecule has 0 aliphatic carbocycles. The Hall–Kier alpha value is -2.00. The average molecular weight is 371 g/mol. The minimum absolute atomic E-state index is 0.0667. The lowest BCUT2D eigenvalue weighted by molar-refractivity contribution is 0.0696. The number of amides is 2. The molecule has 0 saturated heterocycles. The zero-order valence-corrected chi connectivity index (χ0v) is 13.3. The summed E-state index contributed by atoms with van der Waals surface area (Å²) >= 11 is 4.42. The van der Waals surface area contributed by atoms with Gasteiger partial charge in [-0.15, -0.1) is 10.2 Å². The largest absolute Gasteiger partial charge is 0.478 e. The van der Waals surface area contributed by atoms with Crippen molar-refractivity contribution in [2.45, 2.75) is 13.3 Å². The quantitative estimate of drug-likeness (QED) is 0.766. The van der Waals surface area contributed by atoms with Gasteiger partial charge in [-0.3, -0.25) is 5.32 Å². The standard InChI is InChI=1S/C12H11BrN4O3S/c1-2-9-16-17-12(21-9)15-11(20)14-6-3-4-8(13)7(5-6)10(18)19/h3-5H,2H2,1H3,(H,18,19)(H2,14,15,17,20). The van der Waals surface area contributed by atoms with Gasteiger partial charge in [0.1, 0.15) is 5.01 Å². The molecule has 110 valence electrons. The lowest BCUT2D eigenvalue weighted by atomic mass is 10.2. The van der Waals surface area contributed by atoms with Crippen molar-refractivity contribution in [2.24, 2.45) is 0 Å². The summed E-state index contributed by atoms with van der Waals surface area (Å²) in [7, 11) is 0. The third kappa shape index (κ3) is 3.99. The van der Waals surface area contributed by atoms with Crippen molar-refractivity contribution in [3.8, 4) is 0 Å². The van der Waals surface area contributed by atoms with E-state index in [1.54, 1.807) is 12.1 Å². The van der Waals surface area contributed by atoms with Crippen LogP contribution < -0.4 is 10.6 Å². The molecule has 0 aliphatic rings. The van der Waals surface area contributed by atoms with Gasteiger partial charge in [0.05, 0.1) is 5.56 Å². The summed E-state index contributed by atoms with van der Waals surface area (Å²) < 4.78 is 0.442. The van der Waals surface area contributed by atoms with E-state index in [9.17, 15) is 9.59 Å². The van der Waals surface area contributed by atoms with E-state index in [1.807, 2.05) is 6.92 Å². The number of benzene rings is 1. The highest BCUT2D eigenvalue weighted by molar-refractivity contribution is 9.10. The third-order valence-electron chi connectivity index (χ3n) is 2.44. The Morgan fingerprint density at radius 2 is 2.10 bits per heavy atom. The lowest BCUT2D eigenvalue weighted by Gasteiger charge is -2.07. The summed E-state index contributed by atoms with van der Waals surface area (Å²) in [5.74, 6) is -1.08. The zero-order chi connectivity index (χ0) is 15.4. The average Bonchev–Trinajstić information content (AvgIpc) is 2.88. The van der Waals surface area contributed by atoms with Gasteiger partial charge in [0.15, 0.2) is 0 Å². The van der Waals surface area contributed by atoms with Crippen molar-refractivity contribution >= 4 is 50.1 Å². The summed E-state index contributed by atoms with van der Waals surface area (Å²) in [5, 5.41) is 23.0. The first-order valence-electron chi connectivity index (χ1n) is 5.92. The summed E-state index contributed by atoms with van der Waals surface area (Å²) in [5.41, 5.74) is 0.435. The molecule has 0 fully saturated rings. The molecule has 1 aromatic carbocycles. The Balaban J connectivity index is 2.05. The van der Waals surface area contributed by atoms with E-state index in [-0.39, 0.29) is 5.56 Å². The van der Waals surface area contributed by atoms with E-state index in [1.165, 1.54) is 17.4 Å². The van der Waals surface area contributed by atoms with Crippen LogP contribution in [-0.4, -0.2) is 27.3 Å². The summed E-state index contributed by atoms with van der Waals surface area (Å²) in [6.45, 7) is 1.94. The van der Waals surface area contributed by atoms with Crippen molar-refractivity contribution in [1.29, 1.82) is 0 Å². The predicted molar refractivity (Wildman–Crippen MR) is 83.0 cm³/mol. The molecule has 0 saturated carbocycles. The van der Waals surface area contributed by atoms with E-state index in [0.29, 0.717) is 15.3 Å². The molecular weight excluding hydrogens is 360 g/mol. The summed E-state index contributed by atoms with van der Waals surface area (Å²) in [6, 6.07) is 4.00. The Labute approximate surface area is 132 Å². The van der Waals surface area contributed by atoms with Crippen molar-refractivity contribution in [1.82, 2.24) is 10.2 Å². The maximum absolute atomic E-state index is 11.8. The Bertz CT molecular complexity index is 689. The molecule has 2 aromatic rings. The minimum atomic E-state index is -1.08. The molecule has 2 rings (SSSR count). The number of carbonyl (C=O) groups excluding carboxylic acids is 1. The highest BCUT2D eigenvalue weighted by atomic mass is 79.9. The molecule has 0 unspecified atom stereocenters. The molecule has 1 heterocycles. The van der Waals surface area contributed by atoms with Crippen LogP contribution in [0.15, 0.2) is 22.7 Å². The fourth-order valence-electron chi connectivity index (χ4n) is 1.47. The number of nitrogens with zero attached hydrogens (tertiary/aromatic N) is 2. The molecule has 0 aliphatic heterocycles. The number of aromatic nitrogens is 2. The lowest BCUT2D eigenvalue weighted by Crippen LogP contribution is -2.19. The van der Waals surface area contributed by atoms with Crippen LogP contribution in [0, 0.1) is 0 Å². The summed E-state index contributed by atoms with van der Waals surface area (Å²) in [4.78, 5) is 22.8. The van der Waals surface area contributed by atoms with Crippen molar-refractivity contribution < 1.29 is 14.7 Å². The first-order chi connectivity index (χ1) is 9.99. The monoisotopic (exact) mass is 370 g/mol. The van der Waals surface area contributed by atoms with E-state index in [2.05, 4.69) is 36.8 Å². The molecule has 7 nitrogen and oxygen atoms in total. The van der Waals surface area contributed by atoms with Gasteiger partial charge in [0.2, 0.25) is 5.13 Å². The number of carboxylic acids is 1. The number of urea groups is 1. The number of aromatic carboxylic acids is 1. The number of hydrogen-bond donors (Lipinski definition) is 3. The number of anilines is 2. The molecule has 21 heavy (non-hydrogen) atoms. The van der Waals surface area contributed by atoms with Crippen LogP contribution in [0.2, 0.25) is 0 Å². The van der Waals surface area contributed by atoms with Crippen LogP contribution in [0.3, 0.4) is 0 Å². The van der Waals surface area contributed by atoms with Crippen LogP contribution in [0.5, 0.6) is 0 Å². The van der Waals surface area contributed by atoms with Gasteiger partial charge in [-0.05, 0) is 40.5 Å². The molecule has 0 bridgehead atoms. The van der Waals surface area contributed by atoms with E-state index >= 15 is 0 Å². The number of halogens is 1. The van der Waals surface area contributed by atoms with Gasteiger partial charge in [-0.25, -0.2) is 9.59 Å². The smallest absolute Gasteiger partial charge is 0.336 e. The Kier molecular flexibility index (Phi) is 4.86. The van der Waals surface area contributed by atoms with Gasteiger partial charge in [-0.1, -0.05) is 18.3 Å². The van der Waals surface area contributed by atoms with Gasteiger partial charge >= 0.3 is 12.0 Å². The van der Waals surface area contributed by atoms with Crippen LogP contribution in [0.4, 0.5) is 15.6 Å². The maximum atomic E-state index is 11.8. The number of carbonyl (C=O) groups is 2. The first-order valence-corrected chi connectivity index (χ1v) is 7.53. The molecular formula is C12H11BrN4O3S. The van der Waals surface area contributed by atoms with E-state index in [0.717, 1.165) is 11.4 Å². The van der Waals surface area contributed by atoms with Gasteiger partial charge < -0.3 is 10.4 Å². The fourth-order valence-corrected chi connectivity index (χ4v) is 2.56. The molecule has 0 radical (unpaired) electrons. The van der Waals surface area contributed by atoms with Crippen molar-refractivity contribution in [3.63, 3.8) is 0 Å². The van der Waals surface area contributed by atoms with E-state index < -0.39 is 12.0 Å². The Morgan fingerprint density at radius 1 is 1.33 bits per heavy atom. The third-order valence-corrected chi connectivity index (χ3v) is 4.12. The van der Waals surface area contributed by atoms with Gasteiger partial charge in [-0.2, -0.15) is 0 Å². The van der Waals surface area contributed by atoms with Crippen molar-refractivity contribution in [2.75, 3.05) is 10.6 Å². The Morgan fingerprint density at radius 3 is 2.71 bits per heavy atom. The fraction of sp³-hybridized carbons (Fsp3) is 0.167. The second-order valence-corrected chi connectivity index (χ2v) is 5.85. The van der Waals surface area contributed by atoms with Crippen LogP contribution in [0.1, 0.15) is 22.3 Å². The van der Waals surface area contributed by atoms with Crippen molar-refractivity contribution in [3.05, 3.63) is 33.2 Å². The number of hydrogen-bond acceptors (Lipinski definition) is 5. The van der Waals surface area contributed by atoms with Crippen LogP contribution in [-0.2, 0) is 6.42 Å². The highest BCUT2D eigenvalue weighted by Gasteiger charge is 2.11. The molecule has 0 spiro atoms. The minimum Gasteiger partial charge on any atom is -0.478 e. The number of aryl methyl sites for hydroxylation is 1. The van der Waals surface area contributed by atoms with E-state index in [4.69, 9.17) is 5.11 Å². The SMILES string of the molecule is CCc1nnc(NC(=O)Nc2ccc(Br)c(C(=O)O)c2)s1. The molecule has 1 aromatic heterocycles. The second kappa shape index (κ2) is 6.64. The van der Waals surface area contributed by atoms with Crippen LogP contribution >= 0.6 is 27.3 Å². The van der Waals surface area contributed by atoms with Gasteiger partial charge in [0.25, 0.3) is 0 Å². The normalized spacial score (nSPS) is 10.2. The molecule has 9 heteroatoms. The van der Waals surface area contributed by atoms with Gasteiger partial charge in [0, 0.05) is 10.2 Å². The zero-order valence-electron chi connectivity index (χ0n) is 10.9. The first kappa shape index (κ1) is 15.4. The maximum Gasteiger partial charge on any atom is 0.336 e. The molecule has 2 amide bonds. The highest BCUT2D eigenvalue weighted by Crippen LogP contribution is 2.21.